The third kappa shape index (κ3) is 2.46. The van der Waals surface area contributed by atoms with Crippen molar-refractivity contribution in [1.29, 1.82) is 0 Å². The molecule has 0 radical (unpaired) electrons. The fourth-order valence-electron chi connectivity index (χ4n) is 1.82. The van der Waals surface area contributed by atoms with Gasteiger partial charge in [0.15, 0.2) is 0 Å². The van der Waals surface area contributed by atoms with Crippen molar-refractivity contribution in [2.45, 2.75) is 52.5 Å². The molecule has 0 atom stereocenters. The predicted molar refractivity (Wildman–Crippen MR) is 69.5 cm³/mol. The van der Waals surface area contributed by atoms with E-state index in [0.717, 1.165) is 36.7 Å². The van der Waals surface area contributed by atoms with Crippen LogP contribution in [-0.4, -0.2) is 9.55 Å². The van der Waals surface area contributed by atoms with Crippen molar-refractivity contribution in [2.24, 2.45) is 0 Å². The van der Waals surface area contributed by atoms with E-state index in [9.17, 15) is 0 Å². The minimum Gasteiger partial charge on any atom is -0.384 e. The van der Waals surface area contributed by atoms with E-state index < -0.39 is 0 Å². The minimum atomic E-state index is 0.0170. The van der Waals surface area contributed by atoms with Crippen LogP contribution in [0.1, 0.15) is 45.6 Å². The second kappa shape index (κ2) is 4.73. The molecule has 0 unspecified atom stereocenters. The standard InChI is InChI=1S/C13H23N3/c1-6-8-10-11(14)16(9-7-2)12(15-10)13(3,4)5/h7H,2,6,8-9,14H2,1,3-5H3. The summed E-state index contributed by atoms with van der Waals surface area (Å²) in [7, 11) is 0. The highest BCUT2D eigenvalue weighted by Gasteiger charge is 2.23. The summed E-state index contributed by atoms with van der Waals surface area (Å²) in [6.45, 7) is 13.1. The average Bonchev–Trinajstić information content (AvgIpc) is 2.47. The Hall–Kier alpha value is -1.25. The number of rotatable bonds is 4. The summed E-state index contributed by atoms with van der Waals surface area (Å²) < 4.78 is 2.07. The lowest BCUT2D eigenvalue weighted by Gasteiger charge is -2.19. The predicted octanol–water partition coefficient (Wildman–Crippen LogP) is 2.90. The van der Waals surface area contributed by atoms with E-state index in [0.29, 0.717) is 0 Å². The van der Waals surface area contributed by atoms with E-state index in [2.05, 4.69) is 43.8 Å². The van der Waals surface area contributed by atoms with Crippen LogP contribution in [0, 0.1) is 0 Å². The summed E-state index contributed by atoms with van der Waals surface area (Å²) in [6.07, 6.45) is 3.88. The highest BCUT2D eigenvalue weighted by Crippen LogP contribution is 2.26. The molecule has 3 heteroatoms. The van der Waals surface area contributed by atoms with E-state index in [1.54, 1.807) is 0 Å². The van der Waals surface area contributed by atoms with Gasteiger partial charge in [0.2, 0.25) is 0 Å². The fraction of sp³-hybridized carbons (Fsp3) is 0.615. The van der Waals surface area contributed by atoms with Gasteiger partial charge in [0.05, 0.1) is 5.69 Å². The van der Waals surface area contributed by atoms with Gasteiger partial charge < -0.3 is 10.3 Å². The van der Waals surface area contributed by atoms with E-state index in [1.807, 2.05) is 6.08 Å². The van der Waals surface area contributed by atoms with Crippen LogP contribution in [0.2, 0.25) is 0 Å². The van der Waals surface area contributed by atoms with Crippen LogP contribution in [-0.2, 0) is 18.4 Å². The Balaban J connectivity index is 3.25. The minimum absolute atomic E-state index is 0.0170. The summed E-state index contributed by atoms with van der Waals surface area (Å²) in [5, 5.41) is 0. The third-order valence-electron chi connectivity index (χ3n) is 2.55. The molecule has 0 aliphatic heterocycles. The molecule has 2 N–H and O–H groups in total. The Morgan fingerprint density at radius 3 is 2.50 bits per heavy atom. The number of nitrogens with zero attached hydrogens (tertiary/aromatic N) is 2. The number of anilines is 1. The lowest BCUT2D eigenvalue weighted by molar-refractivity contribution is 0.514. The molecule has 0 amide bonds. The van der Waals surface area contributed by atoms with Crippen LogP contribution < -0.4 is 5.73 Å². The second-order valence-electron chi connectivity index (χ2n) is 5.17. The molecule has 90 valence electrons. The zero-order valence-electron chi connectivity index (χ0n) is 10.9. The molecule has 0 aromatic carbocycles. The van der Waals surface area contributed by atoms with Gasteiger partial charge in [0, 0.05) is 12.0 Å². The molecule has 0 spiro atoms. The molecule has 0 aliphatic carbocycles. The van der Waals surface area contributed by atoms with Gasteiger partial charge in [-0.1, -0.05) is 40.2 Å². The van der Waals surface area contributed by atoms with Gasteiger partial charge in [-0.05, 0) is 6.42 Å². The molecule has 0 aliphatic rings. The Morgan fingerprint density at radius 2 is 2.06 bits per heavy atom. The number of allylic oxidation sites excluding steroid dienone is 1. The Morgan fingerprint density at radius 1 is 1.44 bits per heavy atom. The summed E-state index contributed by atoms with van der Waals surface area (Å²) in [5.74, 6) is 1.85. The van der Waals surface area contributed by atoms with Crippen molar-refractivity contribution in [3.05, 3.63) is 24.2 Å². The fourth-order valence-corrected chi connectivity index (χ4v) is 1.82. The Kier molecular flexibility index (Phi) is 3.79. The Labute approximate surface area is 98.4 Å². The number of aryl methyl sites for hydroxylation is 1. The van der Waals surface area contributed by atoms with Crippen molar-refractivity contribution < 1.29 is 0 Å². The molecule has 0 fully saturated rings. The van der Waals surface area contributed by atoms with Crippen LogP contribution in [0.5, 0.6) is 0 Å². The number of imidazole rings is 1. The summed E-state index contributed by atoms with van der Waals surface area (Å²) >= 11 is 0. The number of aromatic nitrogens is 2. The van der Waals surface area contributed by atoms with Crippen LogP contribution in [0.15, 0.2) is 12.7 Å². The van der Waals surface area contributed by atoms with Gasteiger partial charge in [-0.3, -0.25) is 0 Å². The molecular formula is C13H23N3. The summed E-state index contributed by atoms with van der Waals surface area (Å²) in [4.78, 5) is 4.68. The van der Waals surface area contributed by atoms with Crippen molar-refractivity contribution in [3.8, 4) is 0 Å². The monoisotopic (exact) mass is 221 g/mol. The van der Waals surface area contributed by atoms with Gasteiger partial charge >= 0.3 is 0 Å². The van der Waals surface area contributed by atoms with E-state index in [4.69, 9.17) is 5.73 Å². The third-order valence-corrected chi connectivity index (χ3v) is 2.55. The molecule has 1 rings (SSSR count). The van der Waals surface area contributed by atoms with Crippen LogP contribution in [0.4, 0.5) is 5.82 Å². The maximum Gasteiger partial charge on any atom is 0.127 e. The number of nitrogen functional groups attached to an aromatic ring is 1. The van der Waals surface area contributed by atoms with Gasteiger partial charge in [0.1, 0.15) is 11.6 Å². The first kappa shape index (κ1) is 12.8. The first-order valence-corrected chi connectivity index (χ1v) is 5.88. The topological polar surface area (TPSA) is 43.8 Å². The first-order chi connectivity index (χ1) is 7.41. The number of nitrogens with two attached hydrogens (primary N) is 1. The molecule has 1 aromatic rings. The summed E-state index contributed by atoms with van der Waals surface area (Å²) in [5.41, 5.74) is 7.17. The van der Waals surface area contributed by atoms with Crippen molar-refractivity contribution >= 4 is 5.82 Å². The second-order valence-corrected chi connectivity index (χ2v) is 5.17. The van der Waals surface area contributed by atoms with Gasteiger partial charge in [-0.25, -0.2) is 4.98 Å². The van der Waals surface area contributed by atoms with Crippen molar-refractivity contribution in [3.63, 3.8) is 0 Å². The van der Waals surface area contributed by atoms with Gasteiger partial charge in [0.25, 0.3) is 0 Å². The molecular weight excluding hydrogens is 198 g/mol. The normalized spacial score (nSPS) is 11.8. The lowest BCUT2D eigenvalue weighted by atomic mass is 9.95. The van der Waals surface area contributed by atoms with Crippen molar-refractivity contribution in [2.75, 3.05) is 5.73 Å². The first-order valence-electron chi connectivity index (χ1n) is 5.88. The average molecular weight is 221 g/mol. The number of hydrogen-bond acceptors (Lipinski definition) is 2. The molecule has 0 bridgehead atoms. The van der Waals surface area contributed by atoms with E-state index in [1.165, 1.54) is 0 Å². The molecule has 1 heterocycles. The van der Waals surface area contributed by atoms with E-state index in [-0.39, 0.29) is 5.41 Å². The maximum atomic E-state index is 6.13. The molecule has 0 saturated heterocycles. The Bertz CT molecular complexity index is 369. The smallest absolute Gasteiger partial charge is 0.127 e. The molecule has 1 aromatic heterocycles. The SMILES string of the molecule is C=CCn1c(C(C)(C)C)nc(CCC)c1N. The van der Waals surface area contributed by atoms with Crippen LogP contribution in [0.25, 0.3) is 0 Å². The van der Waals surface area contributed by atoms with Crippen LogP contribution in [0.3, 0.4) is 0 Å². The zero-order chi connectivity index (χ0) is 12.3. The summed E-state index contributed by atoms with van der Waals surface area (Å²) in [6, 6.07) is 0. The van der Waals surface area contributed by atoms with Gasteiger partial charge in [-0.2, -0.15) is 0 Å². The van der Waals surface area contributed by atoms with Crippen molar-refractivity contribution in [1.82, 2.24) is 9.55 Å². The largest absolute Gasteiger partial charge is 0.384 e. The highest BCUT2D eigenvalue weighted by atomic mass is 15.1. The van der Waals surface area contributed by atoms with E-state index >= 15 is 0 Å². The quantitative estimate of drug-likeness (QED) is 0.794. The molecule has 16 heavy (non-hydrogen) atoms. The molecule has 3 nitrogen and oxygen atoms in total. The van der Waals surface area contributed by atoms with Gasteiger partial charge in [-0.15, -0.1) is 6.58 Å². The zero-order valence-corrected chi connectivity index (χ0v) is 10.9. The van der Waals surface area contributed by atoms with Crippen LogP contribution >= 0.6 is 0 Å². The molecule has 0 saturated carbocycles. The maximum absolute atomic E-state index is 6.13. The lowest BCUT2D eigenvalue weighted by Crippen LogP contribution is -2.19. The highest BCUT2D eigenvalue weighted by molar-refractivity contribution is 5.40. The number of hydrogen-bond donors (Lipinski definition) is 1.